The molecule has 2 rings (SSSR count). The van der Waals surface area contributed by atoms with Crippen LogP contribution in [0.5, 0.6) is 0 Å². The minimum atomic E-state index is -1.35. The van der Waals surface area contributed by atoms with Gasteiger partial charge in [0.05, 0.1) is 0 Å². The molecule has 0 radical (unpaired) electrons. The summed E-state index contributed by atoms with van der Waals surface area (Å²) in [7, 11) is 0. The first-order valence-electron chi connectivity index (χ1n) is 9.16. The molecular weight excluding hydrogens is 358 g/mol. The summed E-state index contributed by atoms with van der Waals surface area (Å²) in [5.41, 5.74) is 7.23. The maximum absolute atomic E-state index is 12.5. The van der Waals surface area contributed by atoms with Crippen molar-refractivity contribution in [1.29, 1.82) is 0 Å². The average molecular weight is 383 g/mol. The van der Waals surface area contributed by atoms with Crippen LogP contribution in [0.25, 0.3) is 0 Å². The van der Waals surface area contributed by atoms with Gasteiger partial charge < -0.3 is 15.2 Å². The molecule has 0 fully saturated rings. The fraction of sp³-hybridized carbons (Fsp3) is 0.318. The van der Waals surface area contributed by atoms with Crippen LogP contribution in [0, 0.1) is 5.92 Å². The maximum Gasteiger partial charge on any atom is 0.359 e. The van der Waals surface area contributed by atoms with Crippen molar-refractivity contribution in [1.82, 2.24) is 0 Å². The summed E-state index contributed by atoms with van der Waals surface area (Å²) in [4.78, 5) is 36.8. The third-order valence-corrected chi connectivity index (χ3v) is 3.94. The maximum atomic E-state index is 12.5. The van der Waals surface area contributed by atoms with Gasteiger partial charge in [0.2, 0.25) is 6.10 Å². The Balaban J connectivity index is 2.10. The zero-order valence-electron chi connectivity index (χ0n) is 16.0. The largest absolute Gasteiger partial charge is 0.444 e. The normalized spacial score (nSPS) is 12.9. The summed E-state index contributed by atoms with van der Waals surface area (Å²) in [5.74, 6) is -2.30. The van der Waals surface area contributed by atoms with Gasteiger partial charge in [0.15, 0.2) is 0 Å². The molecule has 6 heteroatoms. The van der Waals surface area contributed by atoms with E-state index >= 15 is 0 Å². The number of rotatable bonds is 8. The lowest BCUT2D eigenvalue weighted by Crippen LogP contribution is -2.37. The molecule has 2 atom stereocenters. The van der Waals surface area contributed by atoms with Crippen LogP contribution >= 0.6 is 0 Å². The molecule has 2 aromatic carbocycles. The second-order valence-electron chi connectivity index (χ2n) is 6.91. The SMILES string of the molecule is CC(C)CC(=O)OC(=O)C(OC(=O)[C@@H](N)Cc1ccccc1)c1ccccc1. The van der Waals surface area contributed by atoms with Crippen molar-refractivity contribution in [2.75, 3.05) is 0 Å². The molecule has 28 heavy (non-hydrogen) atoms. The highest BCUT2D eigenvalue weighted by molar-refractivity contribution is 5.90. The monoisotopic (exact) mass is 383 g/mol. The van der Waals surface area contributed by atoms with Crippen molar-refractivity contribution < 1.29 is 23.9 Å². The Labute approximate surface area is 164 Å². The van der Waals surface area contributed by atoms with Crippen molar-refractivity contribution in [3.05, 3.63) is 71.8 Å². The van der Waals surface area contributed by atoms with E-state index < -0.39 is 30.1 Å². The first kappa shape index (κ1) is 21.3. The van der Waals surface area contributed by atoms with E-state index in [1.165, 1.54) is 0 Å². The van der Waals surface area contributed by atoms with E-state index in [1.54, 1.807) is 30.3 Å². The summed E-state index contributed by atoms with van der Waals surface area (Å²) in [6, 6.07) is 16.7. The van der Waals surface area contributed by atoms with Gasteiger partial charge in [0.1, 0.15) is 6.04 Å². The lowest BCUT2D eigenvalue weighted by molar-refractivity contribution is -0.175. The molecule has 0 spiro atoms. The summed E-state index contributed by atoms with van der Waals surface area (Å²) in [5, 5.41) is 0. The summed E-state index contributed by atoms with van der Waals surface area (Å²) in [6.45, 7) is 3.67. The van der Waals surface area contributed by atoms with Crippen molar-refractivity contribution in [2.45, 2.75) is 38.8 Å². The molecule has 6 nitrogen and oxygen atoms in total. The molecule has 0 aliphatic rings. The Morgan fingerprint density at radius 3 is 2.04 bits per heavy atom. The Kier molecular flexibility index (Phi) is 7.89. The number of hydrogen-bond donors (Lipinski definition) is 1. The van der Waals surface area contributed by atoms with E-state index in [4.69, 9.17) is 15.2 Å². The van der Waals surface area contributed by atoms with Gasteiger partial charge in [-0.15, -0.1) is 0 Å². The second kappa shape index (κ2) is 10.4. The molecule has 0 saturated heterocycles. The molecule has 0 amide bonds. The van der Waals surface area contributed by atoms with Crippen molar-refractivity contribution >= 4 is 17.9 Å². The van der Waals surface area contributed by atoms with Gasteiger partial charge in [-0.1, -0.05) is 74.5 Å². The minimum Gasteiger partial charge on any atom is -0.444 e. The predicted molar refractivity (Wildman–Crippen MR) is 104 cm³/mol. The van der Waals surface area contributed by atoms with Crippen LogP contribution < -0.4 is 5.73 Å². The van der Waals surface area contributed by atoms with Gasteiger partial charge >= 0.3 is 17.9 Å². The summed E-state index contributed by atoms with van der Waals surface area (Å²) in [6.07, 6.45) is -0.997. The van der Waals surface area contributed by atoms with Crippen LogP contribution in [-0.4, -0.2) is 23.9 Å². The van der Waals surface area contributed by atoms with Crippen LogP contribution in [0.1, 0.15) is 37.5 Å². The van der Waals surface area contributed by atoms with E-state index in [2.05, 4.69) is 0 Å². The predicted octanol–water partition coefficient (Wildman–Crippen LogP) is 2.96. The number of benzene rings is 2. The van der Waals surface area contributed by atoms with E-state index in [0.29, 0.717) is 5.56 Å². The molecule has 0 aliphatic carbocycles. The second-order valence-corrected chi connectivity index (χ2v) is 6.91. The van der Waals surface area contributed by atoms with Crippen LogP contribution in [-0.2, 0) is 30.3 Å². The number of hydrogen-bond acceptors (Lipinski definition) is 6. The standard InChI is InChI=1S/C22H25NO5/c1-15(2)13-19(24)27-22(26)20(17-11-7-4-8-12-17)28-21(25)18(23)14-16-9-5-3-6-10-16/h3-12,15,18,20H,13-14,23H2,1-2H3/t18-,20?/m0/s1. The smallest absolute Gasteiger partial charge is 0.359 e. The number of carbonyl (C=O) groups excluding carboxylic acids is 3. The van der Waals surface area contributed by atoms with E-state index in [1.807, 2.05) is 44.2 Å². The summed E-state index contributed by atoms with van der Waals surface area (Å²) >= 11 is 0. The lowest BCUT2D eigenvalue weighted by atomic mass is 10.1. The Morgan fingerprint density at radius 1 is 0.893 bits per heavy atom. The van der Waals surface area contributed by atoms with Crippen LogP contribution in [0.3, 0.4) is 0 Å². The van der Waals surface area contributed by atoms with Gasteiger partial charge in [0, 0.05) is 12.0 Å². The highest BCUT2D eigenvalue weighted by Gasteiger charge is 2.30. The summed E-state index contributed by atoms with van der Waals surface area (Å²) < 4.78 is 10.2. The zero-order chi connectivity index (χ0) is 20.5. The Morgan fingerprint density at radius 2 is 1.46 bits per heavy atom. The van der Waals surface area contributed by atoms with E-state index in [9.17, 15) is 14.4 Å². The number of ether oxygens (including phenoxy) is 2. The Bertz CT molecular complexity index is 789. The van der Waals surface area contributed by atoms with Crippen LogP contribution in [0.4, 0.5) is 0 Å². The quantitative estimate of drug-likeness (QED) is 0.556. The first-order valence-corrected chi connectivity index (χ1v) is 9.16. The van der Waals surface area contributed by atoms with Crippen LogP contribution in [0.2, 0.25) is 0 Å². The number of nitrogens with two attached hydrogens (primary N) is 1. The molecule has 2 N–H and O–H groups in total. The van der Waals surface area contributed by atoms with Gasteiger partial charge in [-0.2, -0.15) is 0 Å². The fourth-order valence-corrected chi connectivity index (χ4v) is 2.58. The number of esters is 3. The Hall–Kier alpha value is -2.99. The average Bonchev–Trinajstić information content (AvgIpc) is 2.66. The third kappa shape index (κ3) is 6.63. The fourth-order valence-electron chi connectivity index (χ4n) is 2.58. The minimum absolute atomic E-state index is 0.0392. The highest BCUT2D eigenvalue weighted by atomic mass is 16.6. The van der Waals surface area contributed by atoms with Crippen molar-refractivity contribution in [3.8, 4) is 0 Å². The third-order valence-electron chi connectivity index (χ3n) is 3.94. The first-order chi connectivity index (χ1) is 13.4. The molecule has 0 heterocycles. The molecule has 148 valence electrons. The molecule has 0 saturated carbocycles. The van der Waals surface area contributed by atoms with Gasteiger partial charge in [0.25, 0.3) is 0 Å². The number of carbonyl (C=O) groups is 3. The molecule has 0 aromatic heterocycles. The molecule has 2 aromatic rings. The molecular formula is C22H25NO5. The zero-order valence-corrected chi connectivity index (χ0v) is 16.0. The molecule has 1 unspecified atom stereocenters. The van der Waals surface area contributed by atoms with Crippen LogP contribution in [0.15, 0.2) is 60.7 Å². The molecule has 0 aliphatic heterocycles. The molecule has 0 bridgehead atoms. The van der Waals surface area contributed by atoms with Gasteiger partial charge in [-0.3, -0.25) is 9.59 Å². The van der Waals surface area contributed by atoms with Gasteiger partial charge in [-0.05, 0) is 17.9 Å². The lowest BCUT2D eigenvalue weighted by Gasteiger charge is -2.19. The van der Waals surface area contributed by atoms with E-state index in [-0.39, 0.29) is 18.8 Å². The topological polar surface area (TPSA) is 95.7 Å². The van der Waals surface area contributed by atoms with Crippen molar-refractivity contribution in [2.24, 2.45) is 11.7 Å². The highest BCUT2D eigenvalue weighted by Crippen LogP contribution is 2.21. The van der Waals surface area contributed by atoms with Gasteiger partial charge in [-0.25, -0.2) is 4.79 Å². The van der Waals surface area contributed by atoms with E-state index in [0.717, 1.165) is 5.56 Å². The van der Waals surface area contributed by atoms with Crippen molar-refractivity contribution in [3.63, 3.8) is 0 Å².